The Morgan fingerprint density at radius 2 is 0.750 bits per heavy atom. The maximum absolute atomic E-state index is 12.9. The number of phosphoric ester groups is 1. The molecule has 0 saturated heterocycles. The fourth-order valence-corrected chi connectivity index (χ4v) is 8.80. The molecule has 0 aliphatic rings. The van der Waals surface area contributed by atoms with Gasteiger partial charge in [-0.15, -0.1) is 0 Å². The minimum Gasteiger partial charge on any atom is -0.462 e. The van der Waals surface area contributed by atoms with Gasteiger partial charge in [-0.25, -0.2) is 4.57 Å². The summed E-state index contributed by atoms with van der Waals surface area (Å²) in [7, 11) is -4.76. The molecule has 12 heteroatoms. The molecule has 72 heavy (non-hydrogen) atoms. The van der Waals surface area contributed by atoms with Gasteiger partial charge in [-0.05, 0) is 70.6 Å². The first-order valence-corrected chi connectivity index (χ1v) is 30.7. The van der Waals surface area contributed by atoms with E-state index in [2.05, 4.69) is 69.4 Å². The summed E-state index contributed by atoms with van der Waals surface area (Å²) in [6.45, 7) is 4.46. The van der Waals surface area contributed by atoms with E-state index in [1.807, 2.05) is 12.2 Å². The maximum Gasteiger partial charge on any atom is 0.472 e. The molecule has 0 heterocycles. The zero-order valence-corrected chi connectivity index (χ0v) is 47.0. The standard InChI is InChI=1S/C60H107O11P/c1-4-7-10-13-16-19-22-25-26-27-28-29-30-33-34-37-40-43-46-49-58(62)67-53-57(71-60(64)51-48-45-42-39-36-32-24-21-18-15-12-9-6-3)55-69-72(65,66)68-54-56(52-61)70-59(63)50-47-44-41-38-35-31-23-20-17-14-11-8-5-2/h9,12,18,21,25-26,32,36,42,45,56-57,61H,4-8,10-11,13-17,19-20,22-24,27-31,33-35,37-41,43-44,46-55H2,1-3H3,(H,65,66)/b12-9-,21-18-,26-25-,36-32-,45-42-. The number of hydrogen-bond acceptors (Lipinski definition) is 10. The number of unbranched alkanes of at least 4 members (excludes halogenated alkanes) is 27. The zero-order chi connectivity index (χ0) is 52.7. The van der Waals surface area contributed by atoms with Gasteiger partial charge in [0.1, 0.15) is 12.7 Å². The summed E-state index contributed by atoms with van der Waals surface area (Å²) >= 11 is 0. The first-order chi connectivity index (χ1) is 35.2. The lowest BCUT2D eigenvalue weighted by Crippen LogP contribution is -2.30. The van der Waals surface area contributed by atoms with Crippen LogP contribution in [-0.2, 0) is 42.2 Å². The van der Waals surface area contributed by atoms with Crippen LogP contribution in [0, 0.1) is 0 Å². The van der Waals surface area contributed by atoms with Crippen LogP contribution in [0.5, 0.6) is 0 Å². The SMILES string of the molecule is CC/C=C\C/C=C\C/C=C\C/C=C\CCC(=O)OC(COC(=O)CCCCCCCCCCC/C=C\CCCCCCCC)COP(=O)(O)OCC(CO)OC(=O)CCCCCCCCCCCCCCC. The number of aliphatic hydroxyl groups excluding tert-OH is 1. The Labute approximate surface area is 440 Å². The van der Waals surface area contributed by atoms with Crippen LogP contribution < -0.4 is 0 Å². The van der Waals surface area contributed by atoms with E-state index in [1.165, 1.54) is 141 Å². The van der Waals surface area contributed by atoms with E-state index in [0.29, 0.717) is 19.3 Å². The highest BCUT2D eigenvalue weighted by atomic mass is 31.2. The monoisotopic (exact) mass is 1030 g/mol. The average molecular weight is 1040 g/mol. The van der Waals surface area contributed by atoms with E-state index in [1.54, 1.807) is 0 Å². The smallest absolute Gasteiger partial charge is 0.462 e. The van der Waals surface area contributed by atoms with Gasteiger partial charge < -0.3 is 24.2 Å². The molecule has 0 rings (SSSR count). The second-order valence-electron chi connectivity index (χ2n) is 19.4. The third kappa shape index (κ3) is 52.1. The minimum atomic E-state index is -4.76. The van der Waals surface area contributed by atoms with Crippen molar-refractivity contribution in [2.45, 2.75) is 277 Å². The van der Waals surface area contributed by atoms with Gasteiger partial charge >= 0.3 is 25.7 Å². The first-order valence-electron chi connectivity index (χ1n) is 29.2. The third-order valence-electron chi connectivity index (χ3n) is 12.4. The van der Waals surface area contributed by atoms with Crippen molar-refractivity contribution in [2.75, 3.05) is 26.4 Å². The van der Waals surface area contributed by atoms with Crippen molar-refractivity contribution in [2.24, 2.45) is 0 Å². The van der Waals surface area contributed by atoms with E-state index in [0.717, 1.165) is 64.2 Å². The van der Waals surface area contributed by atoms with Crippen molar-refractivity contribution < 1.29 is 52.2 Å². The van der Waals surface area contributed by atoms with Gasteiger partial charge in [0.05, 0.1) is 19.8 Å². The lowest BCUT2D eigenvalue weighted by atomic mass is 10.0. The molecule has 0 radical (unpaired) electrons. The van der Waals surface area contributed by atoms with E-state index >= 15 is 0 Å². The quantitative estimate of drug-likeness (QED) is 0.0197. The van der Waals surface area contributed by atoms with Crippen molar-refractivity contribution in [1.82, 2.24) is 0 Å². The number of phosphoric acid groups is 1. The summed E-state index contributed by atoms with van der Waals surface area (Å²) in [4.78, 5) is 48.4. The third-order valence-corrected chi connectivity index (χ3v) is 13.4. The van der Waals surface area contributed by atoms with Crippen LogP contribution in [0.1, 0.15) is 265 Å². The van der Waals surface area contributed by atoms with E-state index in [-0.39, 0.29) is 25.9 Å². The van der Waals surface area contributed by atoms with Crippen LogP contribution in [0.3, 0.4) is 0 Å². The molecule has 0 aromatic rings. The van der Waals surface area contributed by atoms with Crippen LogP contribution in [0.25, 0.3) is 0 Å². The predicted molar refractivity (Wildman–Crippen MR) is 298 cm³/mol. The fraction of sp³-hybridized carbons (Fsp3) is 0.783. The molecule has 0 aromatic heterocycles. The van der Waals surface area contributed by atoms with Crippen molar-refractivity contribution >= 4 is 25.7 Å². The molecule has 3 unspecified atom stereocenters. The lowest BCUT2D eigenvalue weighted by molar-refractivity contribution is -0.161. The Bertz CT molecular complexity index is 1440. The summed E-state index contributed by atoms with van der Waals surface area (Å²) in [5.74, 6) is -1.55. The zero-order valence-electron chi connectivity index (χ0n) is 46.1. The molecule has 3 atom stereocenters. The Morgan fingerprint density at radius 1 is 0.403 bits per heavy atom. The predicted octanol–water partition coefficient (Wildman–Crippen LogP) is 17.1. The molecular weight excluding hydrogens is 928 g/mol. The van der Waals surface area contributed by atoms with E-state index < -0.39 is 57.8 Å². The maximum atomic E-state index is 12.9. The largest absolute Gasteiger partial charge is 0.472 e. The van der Waals surface area contributed by atoms with Gasteiger partial charge in [-0.2, -0.15) is 0 Å². The minimum absolute atomic E-state index is 0.0471. The Kier molecular flexibility index (Phi) is 52.3. The Morgan fingerprint density at radius 3 is 1.19 bits per heavy atom. The fourth-order valence-electron chi connectivity index (χ4n) is 8.01. The van der Waals surface area contributed by atoms with Crippen LogP contribution >= 0.6 is 7.82 Å². The molecule has 0 aliphatic heterocycles. The molecule has 2 N–H and O–H groups in total. The van der Waals surface area contributed by atoms with Crippen LogP contribution in [0.2, 0.25) is 0 Å². The first kappa shape index (κ1) is 69.2. The van der Waals surface area contributed by atoms with Gasteiger partial charge in [0.25, 0.3) is 0 Å². The van der Waals surface area contributed by atoms with Gasteiger partial charge in [0.15, 0.2) is 6.10 Å². The number of carbonyl (C=O) groups excluding carboxylic acids is 3. The van der Waals surface area contributed by atoms with Crippen molar-refractivity contribution in [3.63, 3.8) is 0 Å². The van der Waals surface area contributed by atoms with Crippen molar-refractivity contribution in [1.29, 1.82) is 0 Å². The summed E-state index contributed by atoms with van der Waals surface area (Å²) in [6.07, 6.45) is 59.2. The second kappa shape index (κ2) is 54.4. The molecule has 0 spiro atoms. The molecule has 0 amide bonds. The number of ether oxygens (including phenoxy) is 3. The number of aliphatic hydroxyl groups is 1. The van der Waals surface area contributed by atoms with Gasteiger partial charge in [0.2, 0.25) is 0 Å². The van der Waals surface area contributed by atoms with Gasteiger partial charge in [0, 0.05) is 19.3 Å². The summed E-state index contributed by atoms with van der Waals surface area (Å²) in [6, 6.07) is 0. The lowest BCUT2D eigenvalue weighted by Gasteiger charge is -2.21. The number of allylic oxidation sites excluding steroid dienone is 10. The number of carbonyl (C=O) groups is 3. The molecule has 0 aromatic carbocycles. The Balaban J connectivity index is 4.73. The number of esters is 3. The van der Waals surface area contributed by atoms with Gasteiger partial charge in [-0.3, -0.25) is 23.4 Å². The van der Waals surface area contributed by atoms with Crippen molar-refractivity contribution in [3.8, 4) is 0 Å². The number of hydrogen-bond donors (Lipinski definition) is 2. The van der Waals surface area contributed by atoms with Crippen LogP contribution in [-0.4, -0.2) is 66.5 Å². The van der Waals surface area contributed by atoms with E-state index in [9.17, 15) is 28.9 Å². The van der Waals surface area contributed by atoms with Crippen molar-refractivity contribution in [3.05, 3.63) is 60.8 Å². The molecular formula is C60H107O11P. The van der Waals surface area contributed by atoms with E-state index in [4.69, 9.17) is 23.3 Å². The molecule has 0 fully saturated rings. The normalized spacial score (nSPS) is 13.8. The van der Waals surface area contributed by atoms with Crippen LogP contribution in [0.4, 0.5) is 0 Å². The van der Waals surface area contributed by atoms with Crippen LogP contribution in [0.15, 0.2) is 60.8 Å². The Hall–Kier alpha value is -2.82. The summed E-state index contributed by atoms with van der Waals surface area (Å²) in [5, 5.41) is 9.80. The highest BCUT2D eigenvalue weighted by molar-refractivity contribution is 7.47. The topological polar surface area (TPSA) is 155 Å². The molecule has 418 valence electrons. The molecule has 11 nitrogen and oxygen atoms in total. The highest BCUT2D eigenvalue weighted by Crippen LogP contribution is 2.43. The summed E-state index contributed by atoms with van der Waals surface area (Å²) in [5.41, 5.74) is 0. The molecule has 0 bridgehead atoms. The average Bonchev–Trinajstić information content (AvgIpc) is 3.37. The number of rotatable bonds is 54. The second-order valence-corrected chi connectivity index (χ2v) is 20.9. The van der Waals surface area contributed by atoms with Gasteiger partial charge in [-0.1, -0.05) is 236 Å². The molecule has 0 saturated carbocycles. The molecule has 0 aliphatic carbocycles. The highest BCUT2D eigenvalue weighted by Gasteiger charge is 2.28. The summed E-state index contributed by atoms with van der Waals surface area (Å²) < 4.78 is 39.4.